The molecule has 2 unspecified atom stereocenters. The van der Waals surface area contributed by atoms with E-state index in [2.05, 4.69) is 35.8 Å². The lowest BCUT2D eigenvalue weighted by Gasteiger charge is -2.37. The highest BCUT2D eigenvalue weighted by Gasteiger charge is 2.24. The molecular weight excluding hydrogens is 244 g/mol. The summed E-state index contributed by atoms with van der Waals surface area (Å²) in [4.78, 5) is 2.63. The summed E-state index contributed by atoms with van der Waals surface area (Å²) >= 11 is 2.11. The Kier molecular flexibility index (Phi) is 6.29. The normalized spacial score (nSPS) is 31.7. The molecule has 0 bridgehead atoms. The van der Waals surface area contributed by atoms with Crippen molar-refractivity contribution in [1.29, 1.82) is 0 Å². The first-order valence-corrected chi connectivity index (χ1v) is 8.50. The van der Waals surface area contributed by atoms with Gasteiger partial charge in [-0.25, -0.2) is 0 Å². The van der Waals surface area contributed by atoms with Crippen LogP contribution in [0.4, 0.5) is 0 Å². The van der Waals surface area contributed by atoms with Gasteiger partial charge in [-0.15, -0.1) is 0 Å². The molecule has 2 fully saturated rings. The topological polar surface area (TPSA) is 24.5 Å². The third kappa shape index (κ3) is 4.41. The Morgan fingerprint density at radius 1 is 1.28 bits per heavy atom. The highest BCUT2D eigenvalue weighted by molar-refractivity contribution is 8.00. The Labute approximate surface area is 116 Å². The first-order valence-electron chi connectivity index (χ1n) is 7.45. The summed E-state index contributed by atoms with van der Waals surface area (Å²) in [6, 6.07) is 0.725. The van der Waals surface area contributed by atoms with Gasteiger partial charge in [0.2, 0.25) is 0 Å². The highest BCUT2D eigenvalue weighted by Crippen LogP contribution is 2.24. The molecule has 2 atom stereocenters. The summed E-state index contributed by atoms with van der Waals surface area (Å²) in [5, 5.41) is 4.16. The number of nitrogens with zero attached hydrogens (tertiary/aromatic N) is 1. The summed E-state index contributed by atoms with van der Waals surface area (Å²) in [5.74, 6) is 1.29. The van der Waals surface area contributed by atoms with Crippen molar-refractivity contribution in [3.63, 3.8) is 0 Å². The largest absolute Gasteiger partial charge is 0.378 e. The molecule has 0 amide bonds. The van der Waals surface area contributed by atoms with E-state index in [0.29, 0.717) is 6.10 Å². The Morgan fingerprint density at radius 3 is 2.83 bits per heavy atom. The van der Waals surface area contributed by atoms with Crippen molar-refractivity contribution in [2.75, 3.05) is 38.5 Å². The van der Waals surface area contributed by atoms with Gasteiger partial charge in [-0.1, -0.05) is 6.92 Å². The first kappa shape index (κ1) is 14.6. The van der Waals surface area contributed by atoms with E-state index >= 15 is 0 Å². The molecule has 18 heavy (non-hydrogen) atoms. The van der Waals surface area contributed by atoms with E-state index in [4.69, 9.17) is 4.74 Å². The fourth-order valence-electron chi connectivity index (χ4n) is 2.79. The number of ether oxygens (including phenoxy) is 1. The lowest BCUT2D eigenvalue weighted by molar-refractivity contribution is 0.0263. The SMILES string of the molecule is CC1SCCN(CCCOC2CCNCC2)C1C. The second kappa shape index (κ2) is 7.73. The van der Waals surface area contributed by atoms with Crippen LogP contribution in [0.15, 0.2) is 0 Å². The summed E-state index contributed by atoms with van der Waals surface area (Å²) in [6.07, 6.45) is 4.08. The standard InChI is InChI=1S/C14H28N2OS/c1-12-13(2)18-11-9-16(12)8-3-10-17-14-4-6-15-7-5-14/h12-15H,3-11H2,1-2H3. The summed E-state index contributed by atoms with van der Waals surface area (Å²) in [7, 11) is 0. The van der Waals surface area contributed by atoms with Crippen LogP contribution in [0.25, 0.3) is 0 Å². The molecule has 0 saturated carbocycles. The minimum absolute atomic E-state index is 0.513. The molecule has 0 aromatic rings. The van der Waals surface area contributed by atoms with Gasteiger partial charge in [0.1, 0.15) is 0 Å². The van der Waals surface area contributed by atoms with Crippen molar-refractivity contribution in [1.82, 2.24) is 10.2 Å². The molecule has 2 rings (SSSR count). The average Bonchev–Trinajstić information content (AvgIpc) is 2.40. The van der Waals surface area contributed by atoms with Crippen molar-refractivity contribution in [2.45, 2.75) is 50.5 Å². The Bertz CT molecular complexity index is 234. The molecule has 1 N–H and O–H groups in total. The van der Waals surface area contributed by atoms with Crippen LogP contribution in [0.2, 0.25) is 0 Å². The molecule has 0 radical (unpaired) electrons. The molecule has 2 heterocycles. The molecule has 2 aliphatic heterocycles. The van der Waals surface area contributed by atoms with Crippen molar-refractivity contribution in [2.24, 2.45) is 0 Å². The zero-order valence-corrected chi connectivity index (χ0v) is 12.7. The number of rotatable bonds is 5. The van der Waals surface area contributed by atoms with E-state index in [1.807, 2.05) is 0 Å². The van der Waals surface area contributed by atoms with Crippen LogP contribution in [-0.4, -0.2) is 60.8 Å². The van der Waals surface area contributed by atoms with Crippen LogP contribution in [-0.2, 0) is 4.74 Å². The molecule has 4 heteroatoms. The van der Waals surface area contributed by atoms with Gasteiger partial charge in [-0.05, 0) is 39.3 Å². The van der Waals surface area contributed by atoms with Crippen molar-refractivity contribution >= 4 is 11.8 Å². The van der Waals surface area contributed by atoms with Gasteiger partial charge >= 0.3 is 0 Å². The number of nitrogens with one attached hydrogen (secondary N) is 1. The summed E-state index contributed by atoms with van der Waals surface area (Å²) < 4.78 is 5.96. The second-order valence-electron chi connectivity index (χ2n) is 5.53. The number of piperidine rings is 1. The van der Waals surface area contributed by atoms with Crippen LogP contribution in [0, 0.1) is 0 Å². The van der Waals surface area contributed by atoms with Crippen molar-refractivity contribution < 1.29 is 4.74 Å². The molecule has 2 aliphatic rings. The maximum absolute atomic E-state index is 5.96. The Hall–Kier alpha value is 0.230. The fourth-order valence-corrected chi connectivity index (χ4v) is 3.95. The van der Waals surface area contributed by atoms with Gasteiger partial charge in [0, 0.05) is 36.7 Å². The molecule has 3 nitrogen and oxygen atoms in total. The van der Waals surface area contributed by atoms with E-state index in [-0.39, 0.29) is 0 Å². The Balaban J connectivity index is 1.57. The third-order valence-electron chi connectivity index (χ3n) is 4.24. The van der Waals surface area contributed by atoms with Gasteiger partial charge in [-0.2, -0.15) is 11.8 Å². The zero-order chi connectivity index (χ0) is 12.8. The van der Waals surface area contributed by atoms with Crippen LogP contribution in [0.5, 0.6) is 0 Å². The lowest BCUT2D eigenvalue weighted by atomic mass is 10.1. The minimum Gasteiger partial charge on any atom is -0.378 e. The van der Waals surface area contributed by atoms with Crippen LogP contribution in [0.3, 0.4) is 0 Å². The smallest absolute Gasteiger partial charge is 0.0599 e. The van der Waals surface area contributed by atoms with Gasteiger partial charge in [-0.3, -0.25) is 4.90 Å². The van der Waals surface area contributed by atoms with Crippen LogP contribution in [0.1, 0.15) is 33.1 Å². The second-order valence-corrected chi connectivity index (χ2v) is 7.01. The molecule has 0 aromatic carbocycles. The molecular formula is C14H28N2OS. The quantitative estimate of drug-likeness (QED) is 0.774. The maximum Gasteiger partial charge on any atom is 0.0599 e. The number of thioether (sulfide) groups is 1. The molecule has 106 valence electrons. The lowest BCUT2D eigenvalue weighted by Crippen LogP contribution is -2.45. The highest BCUT2D eigenvalue weighted by atomic mass is 32.2. The van der Waals surface area contributed by atoms with E-state index in [9.17, 15) is 0 Å². The monoisotopic (exact) mass is 272 g/mol. The van der Waals surface area contributed by atoms with Crippen molar-refractivity contribution in [3.8, 4) is 0 Å². The fraction of sp³-hybridized carbons (Fsp3) is 1.00. The minimum atomic E-state index is 0.513. The van der Waals surface area contributed by atoms with E-state index in [0.717, 1.165) is 31.0 Å². The first-order chi connectivity index (χ1) is 8.77. The summed E-state index contributed by atoms with van der Waals surface area (Å²) in [5.41, 5.74) is 0. The van der Waals surface area contributed by atoms with E-state index in [1.54, 1.807) is 0 Å². The van der Waals surface area contributed by atoms with Gasteiger partial charge in [0.05, 0.1) is 6.10 Å². The van der Waals surface area contributed by atoms with E-state index in [1.165, 1.54) is 38.1 Å². The Morgan fingerprint density at radius 2 is 2.06 bits per heavy atom. The average molecular weight is 272 g/mol. The number of hydrogen-bond acceptors (Lipinski definition) is 4. The van der Waals surface area contributed by atoms with Crippen LogP contribution >= 0.6 is 11.8 Å². The molecule has 2 saturated heterocycles. The third-order valence-corrected chi connectivity index (χ3v) is 5.58. The predicted octanol–water partition coefficient (Wildman–Crippen LogP) is 1.97. The maximum atomic E-state index is 5.96. The van der Waals surface area contributed by atoms with Crippen LogP contribution < -0.4 is 5.32 Å². The van der Waals surface area contributed by atoms with Gasteiger partial charge in [0.15, 0.2) is 0 Å². The molecule has 0 spiro atoms. The zero-order valence-electron chi connectivity index (χ0n) is 11.9. The predicted molar refractivity (Wildman–Crippen MR) is 79.4 cm³/mol. The van der Waals surface area contributed by atoms with Gasteiger partial charge < -0.3 is 10.1 Å². The van der Waals surface area contributed by atoms with Crippen molar-refractivity contribution in [3.05, 3.63) is 0 Å². The summed E-state index contributed by atoms with van der Waals surface area (Å²) in [6.45, 7) is 10.4. The molecule has 0 aromatic heterocycles. The number of hydrogen-bond donors (Lipinski definition) is 1. The van der Waals surface area contributed by atoms with Gasteiger partial charge in [0.25, 0.3) is 0 Å². The van der Waals surface area contributed by atoms with E-state index < -0.39 is 0 Å². The molecule has 0 aliphatic carbocycles.